The largest absolute Gasteiger partial charge is 0.445 e. The molecule has 2 saturated heterocycles. The average Bonchev–Trinajstić information content (AvgIpc) is 2.90. The summed E-state index contributed by atoms with van der Waals surface area (Å²) in [4.78, 5) is 14.4. The highest BCUT2D eigenvalue weighted by Gasteiger charge is 2.49. The topological polar surface area (TPSA) is 49.8 Å². The molecule has 138 valence electrons. The lowest BCUT2D eigenvalue weighted by molar-refractivity contribution is -0.0554. The maximum atomic E-state index is 12.5. The monoisotopic (exact) mass is 349 g/mol. The number of carbonyl (C=O) groups is 1. The number of hydrogen-bond acceptors (Lipinski definition) is 3. The minimum absolute atomic E-state index is 0.0631. The van der Waals surface area contributed by atoms with E-state index in [9.17, 15) is 14.3 Å². The van der Waals surface area contributed by atoms with Crippen LogP contribution in [0.5, 0.6) is 0 Å². The number of halogens is 1. The van der Waals surface area contributed by atoms with E-state index in [2.05, 4.69) is 0 Å². The van der Waals surface area contributed by atoms with Gasteiger partial charge < -0.3 is 14.7 Å². The van der Waals surface area contributed by atoms with Crippen LogP contribution < -0.4 is 0 Å². The normalized spacial score (nSPS) is 28.2. The van der Waals surface area contributed by atoms with E-state index in [4.69, 9.17) is 4.74 Å². The fourth-order valence-electron chi connectivity index (χ4n) is 4.34. The minimum atomic E-state index is -0.710. The summed E-state index contributed by atoms with van der Waals surface area (Å²) in [6.45, 7) is -0.00613. The molecule has 2 unspecified atom stereocenters. The Morgan fingerprint density at radius 2 is 1.84 bits per heavy atom. The van der Waals surface area contributed by atoms with Crippen LogP contribution in [-0.2, 0) is 11.3 Å². The first-order chi connectivity index (χ1) is 12.1. The summed E-state index contributed by atoms with van der Waals surface area (Å²) >= 11 is 0. The van der Waals surface area contributed by atoms with Gasteiger partial charge in [0.25, 0.3) is 0 Å². The lowest BCUT2D eigenvalue weighted by Gasteiger charge is -2.43. The second-order valence-electron chi connectivity index (χ2n) is 7.46. The number of fused-ring (bicyclic) bond motifs is 2. The van der Waals surface area contributed by atoms with Crippen LogP contribution in [0.4, 0.5) is 9.18 Å². The molecule has 0 spiro atoms. The second kappa shape index (κ2) is 8.17. The number of hydrogen-bond donors (Lipinski definition) is 1. The average molecular weight is 349 g/mol. The summed E-state index contributed by atoms with van der Waals surface area (Å²) in [5.74, 6) is 0. The van der Waals surface area contributed by atoms with E-state index in [1.54, 1.807) is 0 Å². The molecule has 4 nitrogen and oxygen atoms in total. The highest BCUT2D eigenvalue weighted by atomic mass is 19.1. The van der Waals surface area contributed by atoms with Crippen molar-refractivity contribution in [2.45, 2.75) is 75.7 Å². The smallest absolute Gasteiger partial charge is 0.410 e. The number of aliphatic hydroxyl groups is 1. The molecule has 0 aliphatic carbocycles. The van der Waals surface area contributed by atoms with Crippen LogP contribution in [0.25, 0.3) is 0 Å². The van der Waals surface area contributed by atoms with Crippen molar-refractivity contribution in [3.05, 3.63) is 35.9 Å². The summed E-state index contributed by atoms with van der Waals surface area (Å²) in [5, 5.41) is 10.9. The van der Waals surface area contributed by atoms with Crippen LogP contribution in [0.3, 0.4) is 0 Å². The maximum Gasteiger partial charge on any atom is 0.410 e. The number of ether oxygens (including phenoxy) is 1. The predicted molar refractivity (Wildman–Crippen MR) is 93.9 cm³/mol. The Kier molecular flexibility index (Phi) is 5.94. The fourth-order valence-corrected chi connectivity index (χ4v) is 4.34. The van der Waals surface area contributed by atoms with Crippen molar-refractivity contribution in [1.82, 2.24) is 4.90 Å². The highest BCUT2D eigenvalue weighted by Crippen LogP contribution is 2.43. The molecule has 1 aromatic rings. The number of piperidine rings is 1. The Labute approximate surface area is 149 Å². The summed E-state index contributed by atoms with van der Waals surface area (Å²) in [7, 11) is 0. The molecular formula is C20H28FNO3. The van der Waals surface area contributed by atoms with Gasteiger partial charge in [0.15, 0.2) is 0 Å². The number of carbonyl (C=O) groups excluding carboxylic acids is 1. The van der Waals surface area contributed by atoms with E-state index in [1.807, 2.05) is 35.2 Å². The summed E-state index contributed by atoms with van der Waals surface area (Å²) in [5.41, 5.74) is 0.266. The zero-order valence-electron chi connectivity index (χ0n) is 14.7. The number of unbranched alkanes of at least 4 members (excludes halogenated alkanes) is 2. The van der Waals surface area contributed by atoms with E-state index in [-0.39, 0.29) is 31.5 Å². The molecule has 2 heterocycles. The van der Waals surface area contributed by atoms with Crippen LogP contribution in [0.2, 0.25) is 0 Å². The van der Waals surface area contributed by atoms with Gasteiger partial charge in [0.05, 0.1) is 12.3 Å². The Bertz CT molecular complexity index is 551. The van der Waals surface area contributed by atoms with Gasteiger partial charge in [-0.2, -0.15) is 0 Å². The van der Waals surface area contributed by atoms with E-state index in [0.717, 1.165) is 31.2 Å². The molecule has 2 aliphatic rings. The molecule has 1 N–H and O–H groups in total. The van der Waals surface area contributed by atoms with Crippen LogP contribution >= 0.6 is 0 Å². The molecule has 0 aromatic heterocycles. The van der Waals surface area contributed by atoms with E-state index in [1.165, 1.54) is 0 Å². The van der Waals surface area contributed by atoms with Crippen molar-refractivity contribution in [2.24, 2.45) is 0 Å². The Hall–Kier alpha value is -1.62. The summed E-state index contributed by atoms with van der Waals surface area (Å²) in [6.07, 6.45) is 5.74. The molecule has 1 amide bonds. The van der Waals surface area contributed by atoms with Gasteiger partial charge in [-0.05, 0) is 44.1 Å². The molecule has 2 fully saturated rings. The van der Waals surface area contributed by atoms with E-state index in [0.29, 0.717) is 25.7 Å². The third-order valence-electron chi connectivity index (χ3n) is 5.54. The first-order valence-corrected chi connectivity index (χ1v) is 9.39. The summed E-state index contributed by atoms with van der Waals surface area (Å²) < 4.78 is 17.7. The van der Waals surface area contributed by atoms with Crippen molar-refractivity contribution in [3.8, 4) is 0 Å². The highest BCUT2D eigenvalue weighted by molar-refractivity contribution is 5.69. The van der Waals surface area contributed by atoms with Crippen molar-refractivity contribution < 1.29 is 19.0 Å². The molecule has 1 aromatic carbocycles. The minimum Gasteiger partial charge on any atom is -0.445 e. The zero-order chi connectivity index (χ0) is 17.7. The van der Waals surface area contributed by atoms with Gasteiger partial charge in [-0.25, -0.2) is 4.79 Å². The Morgan fingerprint density at radius 1 is 1.16 bits per heavy atom. The Morgan fingerprint density at radius 3 is 2.48 bits per heavy atom. The van der Waals surface area contributed by atoms with Crippen molar-refractivity contribution in [2.75, 3.05) is 6.67 Å². The van der Waals surface area contributed by atoms with Gasteiger partial charge in [0, 0.05) is 12.1 Å². The molecule has 0 saturated carbocycles. The lowest BCUT2D eigenvalue weighted by Crippen LogP contribution is -2.53. The van der Waals surface area contributed by atoms with Crippen molar-refractivity contribution in [3.63, 3.8) is 0 Å². The third-order valence-corrected chi connectivity index (χ3v) is 5.54. The van der Waals surface area contributed by atoms with Crippen LogP contribution in [0, 0.1) is 0 Å². The van der Waals surface area contributed by atoms with E-state index >= 15 is 0 Å². The van der Waals surface area contributed by atoms with Crippen molar-refractivity contribution in [1.29, 1.82) is 0 Å². The van der Waals surface area contributed by atoms with Gasteiger partial charge in [-0.1, -0.05) is 43.2 Å². The number of alkyl halides is 1. The number of nitrogens with zero attached hydrogens (tertiary/aromatic N) is 1. The SMILES string of the molecule is O=C(OCc1ccccc1)N1C2CCC1CC(O)(CCCCCF)C2. The zero-order valence-corrected chi connectivity index (χ0v) is 14.7. The molecular weight excluding hydrogens is 321 g/mol. The Balaban J connectivity index is 1.52. The molecule has 3 rings (SSSR count). The van der Waals surface area contributed by atoms with Gasteiger partial charge in [0.1, 0.15) is 6.61 Å². The first kappa shape index (κ1) is 18.2. The van der Waals surface area contributed by atoms with Crippen molar-refractivity contribution >= 4 is 6.09 Å². The molecule has 2 aliphatic heterocycles. The lowest BCUT2D eigenvalue weighted by atomic mass is 9.82. The molecule has 5 heteroatoms. The van der Waals surface area contributed by atoms with Gasteiger partial charge in [0.2, 0.25) is 0 Å². The van der Waals surface area contributed by atoms with Gasteiger partial charge in [-0.15, -0.1) is 0 Å². The molecule has 25 heavy (non-hydrogen) atoms. The van der Waals surface area contributed by atoms with Crippen LogP contribution in [0.1, 0.15) is 56.9 Å². The summed E-state index contributed by atoms with van der Waals surface area (Å²) in [6, 6.07) is 9.79. The van der Waals surface area contributed by atoms with E-state index < -0.39 is 5.60 Å². The number of amides is 1. The molecule has 0 radical (unpaired) electrons. The van der Waals surface area contributed by atoms with Crippen LogP contribution in [0.15, 0.2) is 30.3 Å². The maximum absolute atomic E-state index is 12.5. The predicted octanol–water partition coefficient (Wildman–Crippen LogP) is 4.21. The second-order valence-corrected chi connectivity index (χ2v) is 7.46. The van der Waals surface area contributed by atoms with Crippen LogP contribution in [-0.4, -0.2) is 40.5 Å². The standard InChI is InChI=1S/C20H28FNO3/c21-12-6-2-5-11-20(24)13-17-9-10-18(14-20)22(17)19(23)25-15-16-7-3-1-4-8-16/h1,3-4,7-8,17-18,24H,2,5-6,9-15H2. The van der Waals surface area contributed by atoms with Gasteiger partial charge in [-0.3, -0.25) is 4.39 Å². The molecule has 2 atom stereocenters. The number of rotatable bonds is 7. The van der Waals surface area contributed by atoms with Gasteiger partial charge >= 0.3 is 6.09 Å². The molecule has 2 bridgehead atoms. The first-order valence-electron chi connectivity index (χ1n) is 9.39. The fraction of sp³-hybridized carbons (Fsp3) is 0.650. The third kappa shape index (κ3) is 4.51. The number of benzene rings is 1. The quantitative estimate of drug-likeness (QED) is 0.750.